The van der Waals surface area contributed by atoms with Crippen molar-refractivity contribution >= 4 is 22.9 Å². The summed E-state index contributed by atoms with van der Waals surface area (Å²) in [6.45, 7) is 3.15. The quantitative estimate of drug-likeness (QED) is 0.764. The van der Waals surface area contributed by atoms with Crippen molar-refractivity contribution in [3.05, 3.63) is 29.6 Å². The number of hydrogen-bond acceptors (Lipinski definition) is 3. The van der Waals surface area contributed by atoms with Gasteiger partial charge in [0.1, 0.15) is 10.8 Å². The molecule has 0 aliphatic rings. The number of aliphatic hydroxyl groups is 1. The minimum Gasteiger partial charge on any atom is -0.395 e. The van der Waals surface area contributed by atoms with Crippen molar-refractivity contribution in [3.8, 4) is 0 Å². The lowest BCUT2D eigenvalue weighted by molar-refractivity contribution is 0.302. The molecular weight excluding hydrogens is 227 g/mol. The van der Waals surface area contributed by atoms with Gasteiger partial charge in [-0.3, -0.25) is 0 Å². The molecular formula is C11H15FN2OS. The summed E-state index contributed by atoms with van der Waals surface area (Å²) < 4.78 is 13.6. The fraction of sp³-hybridized carbons (Fsp3) is 0.364. The molecule has 0 aromatic heterocycles. The zero-order valence-corrected chi connectivity index (χ0v) is 9.93. The molecule has 0 fully saturated rings. The number of hydrogen-bond donors (Lipinski definition) is 2. The number of halogens is 1. The Hall–Kier alpha value is -1.20. The first-order chi connectivity index (χ1) is 7.60. The highest BCUT2D eigenvalue weighted by Crippen LogP contribution is 2.18. The molecule has 88 valence electrons. The van der Waals surface area contributed by atoms with E-state index in [1.165, 1.54) is 6.07 Å². The average Bonchev–Trinajstić information content (AvgIpc) is 2.25. The molecule has 1 rings (SSSR count). The molecule has 3 nitrogen and oxygen atoms in total. The third-order valence-corrected chi connectivity index (χ3v) is 2.55. The third kappa shape index (κ3) is 2.90. The SMILES string of the molecule is CCN(CCO)c1ccc(C(N)=S)c(F)c1. The summed E-state index contributed by atoms with van der Waals surface area (Å²) >= 11 is 4.72. The van der Waals surface area contributed by atoms with Crippen LogP contribution in [0.1, 0.15) is 12.5 Å². The molecule has 0 aliphatic carbocycles. The van der Waals surface area contributed by atoms with Crippen LogP contribution in [0.4, 0.5) is 10.1 Å². The van der Waals surface area contributed by atoms with Crippen molar-refractivity contribution < 1.29 is 9.50 Å². The molecule has 0 amide bonds. The first-order valence-electron chi connectivity index (χ1n) is 5.05. The molecule has 0 saturated heterocycles. The van der Waals surface area contributed by atoms with Crippen LogP contribution in [-0.2, 0) is 0 Å². The molecule has 3 N–H and O–H groups in total. The number of anilines is 1. The summed E-state index contributed by atoms with van der Waals surface area (Å²) in [5.41, 5.74) is 6.34. The maximum Gasteiger partial charge on any atom is 0.135 e. The second-order valence-electron chi connectivity index (χ2n) is 3.33. The van der Waals surface area contributed by atoms with Crippen LogP contribution >= 0.6 is 12.2 Å². The Kier molecular flexibility index (Phi) is 4.64. The van der Waals surface area contributed by atoms with Crippen molar-refractivity contribution in [2.24, 2.45) is 5.73 Å². The number of thiocarbonyl (C=S) groups is 1. The fourth-order valence-corrected chi connectivity index (χ4v) is 1.66. The topological polar surface area (TPSA) is 49.5 Å². The van der Waals surface area contributed by atoms with E-state index in [1.54, 1.807) is 12.1 Å². The van der Waals surface area contributed by atoms with Crippen molar-refractivity contribution in [1.29, 1.82) is 0 Å². The average molecular weight is 242 g/mol. The van der Waals surface area contributed by atoms with E-state index in [2.05, 4.69) is 0 Å². The Labute approximate surface area is 99.7 Å². The summed E-state index contributed by atoms with van der Waals surface area (Å²) in [6.07, 6.45) is 0. The molecule has 1 aromatic rings. The third-order valence-electron chi connectivity index (χ3n) is 2.33. The Morgan fingerprint density at radius 3 is 2.69 bits per heavy atom. The number of nitrogens with two attached hydrogens (primary N) is 1. The van der Waals surface area contributed by atoms with Crippen LogP contribution in [0.25, 0.3) is 0 Å². The van der Waals surface area contributed by atoms with Gasteiger partial charge < -0.3 is 15.7 Å². The minimum atomic E-state index is -0.429. The van der Waals surface area contributed by atoms with Crippen LogP contribution in [0.5, 0.6) is 0 Å². The second-order valence-corrected chi connectivity index (χ2v) is 3.77. The lowest BCUT2D eigenvalue weighted by Gasteiger charge is -2.22. The molecule has 0 heterocycles. The first kappa shape index (κ1) is 12.9. The van der Waals surface area contributed by atoms with Crippen LogP contribution < -0.4 is 10.6 Å². The van der Waals surface area contributed by atoms with Crippen molar-refractivity contribution in [3.63, 3.8) is 0 Å². The van der Waals surface area contributed by atoms with Gasteiger partial charge in [0.05, 0.1) is 6.61 Å². The van der Waals surface area contributed by atoms with Gasteiger partial charge in [0.15, 0.2) is 0 Å². The standard InChI is InChI=1S/C11H15FN2OS/c1-2-14(5-6-15)8-3-4-9(11(13)16)10(12)7-8/h3-4,7,15H,2,5-6H2,1H3,(H2,13,16). The molecule has 5 heteroatoms. The Bertz CT molecular complexity index is 384. The largest absolute Gasteiger partial charge is 0.395 e. The van der Waals surface area contributed by atoms with Gasteiger partial charge in [-0.1, -0.05) is 12.2 Å². The Morgan fingerprint density at radius 1 is 1.56 bits per heavy atom. The number of benzene rings is 1. The van der Waals surface area contributed by atoms with E-state index in [9.17, 15) is 4.39 Å². The lowest BCUT2D eigenvalue weighted by Crippen LogP contribution is -2.26. The van der Waals surface area contributed by atoms with E-state index >= 15 is 0 Å². The van der Waals surface area contributed by atoms with Crippen molar-refractivity contribution in [2.45, 2.75) is 6.92 Å². The van der Waals surface area contributed by atoms with E-state index in [1.807, 2.05) is 11.8 Å². The predicted molar refractivity (Wildman–Crippen MR) is 67.3 cm³/mol. The summed E-state index contributed by atoms with van der Waals surface area (Å²) in [5, 5.41) is 8.87. The highest BCUT2D eigenvalue weighted by atomic mass is 32.1. The van der Waals surface area contributed by atoms with Crippen molar-refractivity contribution in [1.82, 2.24) is 0 Å². The molecule has 0 saturated carbocycles. The molecule has 16 heavy (non-hydrogen) atoms. The maximum atomic E-state index is 13.6. The summed E-state index contributed by atoms with van der Waals surface area (Å²) in [7, 11) is 0. The van der Waals surface area contributed by atoms with Gasteiger partial charge >= 0.3 is 0 Å². The van der Waals surface area contributed by atoms with E-state index in [0.29, 0.717) is 18.8 Å². The molecule has 1 aromatic carbocycles. The van der Waals surface area contributed by atoms with E-state index < -0.39 is 5.82 Å². The van der Waals surface area contributed by atoms with E-state index in [0.717, 1.165) is 0 Å². The zero-order chi connectivity index (χ0) is 12.1. The highest BCUT2D eigenvalue weighted by Gasteiger charge is 2.09. The zero-order valence-electron chi connectivity index (χ0n) is 9.11. The van der Waals surface area contributed by atoms with Gasteiger partial charge in [-0.25, -0.2) is 4.39 Å². The number of aliphatic hydroxyl groups excluding tert-OH is 1. The Balaban J connectivity index is 2.99. The van der Waals surface area contributed by atoms with Crippen LogP contribution in [0.15, 0.2) is 18.2 Å². The second kappa shape index (κ2) is 5.77. The smallest absolute Gasteiger partial charge is 0.135 e. The van der Waals surface area contributed by atoms with Gasteiger partial charge in [-0.05, 0) is 25.1 Å². The van der Waals surface area contributed by atoms with E-state index in [4.69, 9.17) is 23.1 Å². The summed E-state index contributed by atoms with van der Waals surface area (Å²) in [6, 6.07) is 4.69. The monoisotopic (exact) mass is 242 g/mol. The van der Waals surface area contributed by atoms with E-state index in [-0.39, 0.29) is 17.2 Å². The molecule has 0 spiro atoms. The summed E-state index contributed by atoms with van der Waals surface area (Å²) in [5.74, 6) is -0.429. The predicted octanol–water partition coefficient (Wildman–Crippen LogP) is 1.28. The molecule has 0 atom stereocenters. The number of nitrogens with zero attached hydrogens (tertiary/aromatic N) is 1. The fourth-order valence-electron chi connectivity index (χ4n) is 1.49. The van der Waals surface area contributed by atoms with Crippen LogP contribution in [0, 0.1) is 5.82 Å². The highest BCUT2D eigenvalue weighted by molar-refractivity contribution is 7.80. The maximum absolute atomic E-state index is 13.6. The summed E-state index contributed by atoms with van der Waals surface area (Å²) in [4.78, 5) is 1.92. The minimum absolute atomic E-state index is 0.0342. The molecule has 0 aliphatic heterocycles. The van der Waals surface area contributed by atoms with Crippen LogP contribution in [-0.4, -0.2) is 29.8 Å². The molecule has 0 bridgehead atoms. The van der Waals surface area contributed by atoms with Crippen LogP contribution in [0.2, 0.25) is 0 Å². The van der Waals surface area contributed by atoms with Gasteiger partial charge in [0.2, 0.25) is 0 Å². The van der Waals surface area contributed by atoms with Crippen LogP contribution in [0.3, 0.4) is 0 Å². The van der Waals surface area contributed by atoms with Gasteiger partial charge in [-0.15, -0.1) is 0 Å². The number of rotatable bonds is 5. The normalized spacial score (nSPS) is 10.2. The van der Waals surface area contributed by atoms with Gasteiger partial charge in [0.25, 0.3) is 0 Å². The van der Waals surface area contributed by atoms with Gasteiger partial charge in [-0.2, -0.15) is 0 Å². The van der Waals surface area contributed by atoms with Crippen molar-refractivity contribution in [2.75, 3.05) is 24.6 Å². The molecule has 0 radical (unpaired) electrons. The first-order valence-corrected chi connectivity index (χ1v) is 5.46. The van der Waals surface area contributed by atoms with Gasteiger partial charge in [0, 0.05) is 24.3 Å². The Morgan fingerprint density at radius 2 is 2.25 bits per heavy atom. The molecule has 0 unspecified atom stereocenters. The number of likely N-dealkylation sites (N-methyl/N-ethyl adjacent to an activating group) is 1. The lowest BCUT2D eigenvalue weighted by atomic mass is 10.2.